The largest absolute Gasteiger partial charge is 0.299 e. The summed E-state index contributed by atoms with van der Waals surface area (Å²) in [5.41, 5.74) is 8.39. The van der Waals surface area contributed by atoms with Gasteiger partial charge in [-0.3, -0.25) is 9.69 Å². The van der Waals surface area contributed by atoms with Gasteiger partial charge in [-0.25, -0.2) is 4.98 Å². The highest BCUT2D eigenvalue weighted by Crippen LogP contribution is 2.39. The van der Waals surface area contributed by atoms with E-state index in [0.717, 1.165) is 5.56 Å². The number of fused-ring (bicyclic) bond motifs is 1. The Hall–Kier alpha value is -2.07. The third-order valence-corrected chi connectivity index (χ3v) is 2.93. The molecule has 0 aliphatic carbocycles. The number of rotatable bonds is 2. The number of carbonyl (C=O) groups excluding carboxylic acids is 1. The normalized spacial score (nSPS) is 22.9. The Balaban J connectivity index is 2.55. The van der Waals surface area contributed by atoms with Gasteiger partial charge in [-0.2, -0.15) is 0 Å². The van der Waals surface area contributed by atoms with Gasteiger partial charge in [0.1, 0.15) is 5.82 Å². The van der Waals surface area contributed by atoms with Crippen molar-refractivity contribution in [2.24, 2.45) is 5.11 Å². The quantitative estimate of drug-likeness (QED) is 0.428. The molecule has 82 valence electrons. The van der Waals surface area contributed by atoms with Crippen molar-refractivity contribution in [2.75, 3.05) is 18.5 Å². The van der Waals surface area contributed by atoms with Crippen LogP contribution in [-0.4, -0.2) is 24.5 Å². The van der Waals surface area contributed by atoms with Gasteiger partial charge in [-0.15, -0.1) is 0 Å². The first-order valence-corrected chi connectivity index (χ1v) is 4.86. The SMILES string of the molecule is CN1C(=O)[C@](C)(CN=[N+]=[N-])c2cccnc21. The zero-order valence-electron chi connectivity index (χ0n) is 9.08. The van der Waals surface area contributed by atoms with Crippen LogP contribution in [0.15, 0.2) is 23.4 Å². The molecule has 1 atom stereocenters. The second-order valence-electron chi connectivity index (χ2n) is 3.96. The number of carbonyl (C=O) groups is 1. The van der Waals surface area contributed by atoms with Crippen LogP contribution in [0.5, 0.6) is 0 Å². The summed E-state index contributed by atoms with van der Waals surface area (Å²) in [7, 11) is 1.68. The van der Waals surface area contributed by atoms with Crippen LogP contribution in [0.4, 0.5) is 5.82 Å². The van der Waals surface area contributed by atoms with Crippen LogP contribution < -0.4 is 4.90 Å². The predicted molar refractivity (Wildman–Crippen MR) is 59.0 cm³/mol. The van der Waals surface area contributed by atoms with E-state index in [1.807, 2.05) is 6.07 Å². The van der Waals surface area contributed by atoms with Crippen molar-refractivity contribution < 1.29 is 4.79 Å². The van der Waals surface area contributed by atoms with Gasteiger partial charge in [0.25, 0.3) is 0 Å². The molecule has 1 aromatic heterocycles. The molecule has 0 aromatic carbocycles. The first-order chi connectivity index (χ1) is 7.61. The third kappa shape index (κ3) is 1.24. The molecule has 6 nitrogen and oxygen atoms in total. The minimum atomic E-state index is -0.787. The average Bonchev–Trinajstić information content (AvgIpc) is 2.51. The van der Waals surface area contributed by atoms with Crippen molar-refractivity contribution in [3.63, 3.8) is 0 Å². The summed E-state index contributed by atoms with van der Waals surface area (Å²) < 4.78 is 0. The third-order valence-electron chi connectivity index (χ3n) is 2.93. The molecule has 0 radical (unpaired) electrons. The predicted octanol–water partition coefficient (Wildman–Crippen LogP) is 1.63. The van der Waals surface area contributed by atoms with E-state index in [0.29, 0.717) is 5.82 Å². The summed E-state index contributed by atoms with van der Waals surface area (Å²) in [4.78, 5) is 20.5. The molecule has 0 bridgehead atoms. The zero-order valence-corrected chi connectivity index (χ0v) is 9.08. The highest BCUT2D eigenvalue weighted by Gasteiger charge is 2.46. The minimum absolute atomic E-state index is 0.0893. The summed E-state index contributed by atoms with van der Waals surface area (Å²) in [6.45, 7) is 1.89. The second-order valence-corrected chi connectivity index (χ2v) is 3.96. The molecule has 2 heterocycles. The number of azide groups is 1. The molecule has 1 aromatic rings. The van der Waals surface area contributed by atoms with Gasteiger partial charge < -0.3 is 0 Å². The Morgan fingerprint density at radius 3 is 3.12 bits per heavy atom. The molecule has 6 heteroatoms. The Morgan fingerprint density at radius 1 is 1.69 bits per heavy atom. The molecule has 1 amide bonds. The molecular weight excluding hydrogens is 206 g/mol. The summed E-state index contributed by atoms with van der Waals surface area (Å²) in [6.07, 6.45) is 1.64. The van der Waals surface area contributed by atoms with Crippen molar-refractivity contribution in [3.8, 4) is 0 Å². The fourth-order valence-electron chi connectivity index (χ4n) is 2.00. The molecule has 0 fully saturated rings. The highest BCUT2D eigenvalue weighted by molar-refractivity contribution is 6.06. The monoisotopic (exact) mass is 217 g/mol. The topological polar surface area (TPSA) is 82.0 Å². The summed E-state index contributed by atoms with van der Waals surface area (Å²) >= 11 is 0. The van der Waals surface area contributed by atoms with Crippen LogP contribution in [0.3, 0.4) is 0 Å². The van der Waals surface area contributed by atoms with Gasteiger partial charge in [-0.1, -0.05) is 11.2 Å². The van der Waals surface area contributed by atoms with E-state index in [1.54, 1.807) is 26.2 Å². The molecule has 0 unspecified atom stereocenters. The summed E-state index contributed by atoms with van der Waals surface area (Å²) in [5.74, 6) is 0.553. The fourth-order valence-corrected chi connectivity index (χ4v) is 2.00. The van der Waals surface area contributed by atoms with E-state index >= 15 is 0 Å². The lowest BCUT2D eigenvalue weighted by atomic mass is 9.85. The number of nitrogens with zero attached hydrogens (tertiary/aromatic N) is 5. The maximum absolute atomic E-state index is 12.1. The smallest absolute Gasteiger partial charge is 0.238 e. The van der Waals surface area contributed by atoms with E-state index in [-0.39, 0.29) is 12.5 Å². The number of hydrogen-bond acceptors (Lipinski definition) is 3. The van der Waals surface area contributed by atoms with E-state index in [1.165, 1.54) is 4.90 Å². The Bertz CT molecular complexity index is 494. The van der Waals surface area contributed by atoms with Gasteiger partial charge in [0, 0.05) is 30.3 Å². The van der Waals surface area contributed by atoms with Crippen molar-refractivity contribution >= 4 is 11.7 Å². The van der Waals surface area contributed by atoms with E-state index in [9.17, 15) is 4.79 Å². The maximum Gasteiger partial charge on any atom is 0.238 e. The van der Waals surface area contributed by atoms with Crippen LogP contribution in [0.25, 0.3) is 10.4 Å². The van der Waals surface area contributed by atoms with Gasteiger partial charge in [0.2, 0.25) is 5.91 Å². The minimum Gasteiger partial charge on any atom is -0.299 e. The average molecular weight is 217 g/mol. The molecule has 16 heavy (non-hydrogen) atoms. The molecule has 0 spiro atoms. The lowest BCUT2D eigenvalue weighted by molar-refractivity contribution is -0.122. The first kappa shape index (κ1) is 10.4. The highest BCUT2D eigenvalue weighted by atomic mass is 16.2. The first-order valence-electron chi connectivity index (χ1n) is 4.86. The van der Waals surface area contributed by atoms with E-state index < -0.39 is 5.41 Å². The van der Waals surface area contributed by atoms with Crippen LogP contribution in [0.2, 0.25) is 0 Å². The van der Waals surface area contributed by atoms with Crippen molar-refractivity contribution in [2.45, 2.75) is 12.3 Å². The number of aromatic nitrogens is 1. The van der Waals surface area contributed by atoms with Crippen LogP contribution >= 0.6 is 0 Å². The van der Waals surface area contributed by atoms with Crippen LogP contribution in [-0.2, 0) is 10.2 Å². The molecule has 0 saturated carbocycles. The van der Waals surface area contributed by atoms with Gasteiger partial charge >= 0.3 is 0 Å². The van der Waals surface area contributed by atoms with Crippen molar-refractivity contribution in [3.05, 3.63) is 34.3 Å². The van der Waals surface area contributed by atoms with E-state index in [2.05, 4.69) is 15.0 Å². The number of anilines is 1. The molecule has 1 aliphatic rings. The fraction of sp³-hybridized carbons (Fsp3) is 0.400. The number of hydrogen-bond donors (Lipinski definition) is 0. The maximum atomic E-state index is 12.1. The number of likely N-dealkylation sites (N-methyl/N-ethyl adjacent to an activating group) is 1. The molecule has 2 rings (SSSR count). The molecule has 0 saturated heterocycles. The van der Waals surface area contributed by atoms with Crippen molar-refractivity contribution in [1.29, 1.82) is 0 Å². The van der Waals surface area contributed by atoms with Gasteiger partial charge in [-0.05, 0) is 18.5 Å². The van der Waals surface area contributed by atoms with Gasteiger partial charge in [0.05, 0.1) is 5.41 Å². The van der Waals surface area contributed by atoms with Gasteiger partial charge in [0.15, 0.2) is 0 Å². The molecule has 0 N–H and O–H groups in total. The zero-order chi connectivity index (χ0) is 11.8. The lowest BCUT2D eigenvalue weighted by Gasteiger charge is -2.19. The Morgan fingerprint density at radius 2 is 2.44 bits per heavy atom. The Kier molecular flexibility index (Phi) is 2.29. The number of amides is 1. The van der Waals surface area contributed by atoms with Crippen molar-refractivity contribution in [1.82, 2.24) is 4.98 Å². The second kappa shape index (κ2) is 3.50. The number of pyridine rings is 1. The summed E-state index contributed by atoms with van der Waals surface area (Å²) in [5, 5.41) is 3.51. The lowest BCUT2D eigenvalue weighted by Crippen LogP contribution is -2.38. The summed E-state index contributed by atoms with van der Waals surface area (Å²) in [6, 6.07) is 3.62. The van der Waals surface area contributed by atoms with E-state index in [4.69, 9.17) is 5.53 Å². The van der Waals surface area contributed by atoms with Crippen LogP contribution in [0.1, 0.15) is 12.5 Å². The molecular formula is C10H11N5O. The Labute approximate surface area is 92.5 Å². The van der Waals surface area contributed by atoms with Crippen LogP contribution in [0, 0.1) is 0 Å². The standard InChI is InChI=1S/C10H11N5O/c1-10(6-13-14-11)7-4-3-5-12-8(7)15(2)9(10)16/h3-5H,6H2,1-2H3/t10-/m1/s1. The molecule has 1 aliphatic heterocycles.